The summed E-state index contributed by atoms with van der Waals surface area (Å²) in [6.07, 6.45) is -0.782. The lowest BCUT2D eigenvalue weighted by Crippen LogP contribution is -2.37. The van der Waals surface area contributed by atoms with Crippen LogP contribution in [-0.4, -0.2) is 29.0 Å². The number of imide groups is 1. The standard InChI is InChI=1S/C9H17NO4/c1-6-10(7(2)11)8(12)13-14-9(3,4)5/h6H2,1-5H3. The maximum atomic E-state index is 11.2. The number of amides is 2. The SMILES string of the molecule is CCN(C(C)=O)C(=O)OOC(C)(C)C. The van der Waals surface area contributed by atoms with Gasteiger partial charge in [0.2, 0.25) is 5.91 Å². The van der Waals surface area contributed by atoms with Crippen LogP contribution in [0.3, 0.4) is 0 Å². The number of carbonyl (C=O) groups excluding carboxylic acids is 2. The predicted molar refractivity (Wildman–Crippen MR) is 50.4 cm³/mol. The van der Waals surface area contributed by atoms with Crippen LogP contribution < -0.4 is 0 Å². The van der Waals surface area contributed by atoms with Crippen LogP contribution in [-0.2, 0) is 14.6 Å². The highest BCUT2D eigenvalue weighted by Crippen LogP contribution is 2.08. The minimum absolute atomic E-state index is 0.266. The average Bonchev–Trinajstić information content (AvgIpc) is 2.00. The van der Waals surface area contributed by atoms with Crippen molar-refractivity contribution in [2.45, 2.75) is 40.2 Å². The summed E-state index contributed by atoms with van der Waals surface area (Å²) >= 11 is 0. The quantitative estimate of drug-likeness (QED) is 0.506. The van der Waals surface area contributed by atoms with Crippen LogP contribution in [0.25, 0.3) is 0 Å². The van der Waals surface area contributed by atoms with Crippen LogP contribution in [0.2, 0.25) is 0 Å². The zero-order valence-corrected chi connectivity index (χ0v) is 9.29. The summed E-state index contributed by atoms with van der Waals surface area (Å²) in [5.41, 5.74) is -0.578. The number of hydrogen-bond donors (Lipinski definition) is 0. The van der Waals surface area contributed by atoms with E-state index in [0.29, 0.717) is 0 Å². The molecule has 0 bridgehead atoms. The van der Waals surface area contributed by atoms with Crippen LogP contribution in [0.4, 0.5) is 4.79 Å². The van der Waals surface area contributed by atoms with Gasteiger partial charge in [0.05, 0.1) is 0 Å². The fourth-order valence-electron chi connectivity index (χ4n) is 0.686. The predicted octanol–water partition coefficient (Wildman–Crippen LogP) is 1.72. The van der Waals surface area contributed by atoms with Crippen molar-refractivity contribution in [3.8, 4) is 0 Å². The highest BCUT2D eigenvalue weighted by molar-refractivity contribution is 5.90. The Hall–Kier alpha value is -1.10. The Morgan fingerprint density at radius 1 is 1.29 bits per heavy atom. The second kappa shape index (κ2) is 4.95. The van der Waals surface area contributed by atoms with Gasteiger partial charge in [0, 0.05) is 13.5 Å². The molecule has 0 aliphatic heterocycles. The molecular weight excluding hydrogens is 186 g/mol. The highest BCUT2D eigenvalue weighted by atomic mass is 17.2. The zero-order chi connectivity index (χ0) is 11.4. The highest BCUT2D eigenvalue weighted by Gasteiger charge is 2.21. The van der Waals surface area contributed by atoms with Gasteiger partial charge in [0.25, 0.3) is 0 Å². The van der Waals surface area contributed by atoms with Crippen LogP contribution in [0.15, 0.2) is 0 Å². The van der Waals surface area contributed by atoms with E-state index in [0.717, 1.165) is 4.90 Å². The van der Waals surface area contributed by atoms with Crippen LogP contribution in [0.1, 0.15) is 34.6 Å². The van der Waals surface area contributed by atoms with Crippen molar-refractivity contribution in [1.82, 2.24) is 4.90 Å². The van der Waals surface area contributed by atoms with E-state index in [2.05, 4.69) is 4.89 Å². The van der Waals surface area contributed by atoms with Gasteiger partial charge >= 0.3 is 6.09 Å². The monoisotopic (exact) mass is 203 g/mol. The van der Waals surface area contributed by atoms with E-state index < -0.39 is 11.7 Å². The third kappa shape index (κ3) is 4.81. The number of rotatable bonds is 2. The first-order chi connectivity index (χ1) is 6.28. The summed E-state index contributed by atoms with van der Waals surface area (Å²) in [6.45, 7) is 8.46. The van der Waals surface area contributed by atoms with Gasteiger partial charge in [-0.1, -0.05) is 0 Å². The van der Waals surface area contributed by atoms with E-state index in [4.69, 9.17) is 4.89 Å². The van der Waals surface area contributed by atoms with Crippen molar-refractivity contribution in [1.29, 1.82) is 0 Å². The molecule has 0 aromatic heterocycles. The lowest BCUT2D eigenvalue weighted by Gasteiger charge is -2.20. The Morgan fingerprint density at radius 2 is 1.79 bits per heavy atom. The second-order valence-corrected chi connectivity index (χ2v) is 3.81. The van der Waals surface area contributed by atoms with Gasteiger partial charge in [-0.15, -0.1) is 0 Å². The molecule has 0 N–H and O–H groups in total. The Bertz CT molecular complexity index is 219. The fourth-order valence-corrected chi connectivity index (χ4v) is 0.686. The van der Waals surface area contributed by atoms with E-state index in [1.807, 2.05) is 0 Å². The molecule has 0 aliphatic rings. The van der Waals surface area contributed by atoms with Gasteiger partial charge in [-0.05, 0) is 27.7 Å². The van der Waals surface area contributed by atoms with Gasteiger partial charge in [-0.3, -0.25) is 9.68 Å². The molecule has 0 aromatic rings. The van der Waals surface area contributed by atoms with Crippen molar-refractivity contribution in [2.24, 2.45) is 0 Å². The lowest BCUT2D eigenvalue weighted by atomic mass is 10.2. The van der Waals surface area contributed by atoms with E-state index in [-0.39, 0.29) is 12.5 Å². The molecule has 0 atom stereocenters. The molecule has 5 nitrogen and oxygen atoms in total. The molecule has 0 heterocycles. The molecular formula is C9H17NO4. The van der Waals surface area contributed by atoms with Crippen LogP contribution >= 0.6 is 0 Å². The molecule has 0 rings (SSSR count). The molecule has 0 fully saturated rings. The molecule has 0 aromatic carbocycles. The first-order valence-corrected chi connectivity index (χ1v) is 4.45. The Kier molecular flexibility index (Phi) is 4.56. The summed E-state index contributed by atoms with van der Waals surface area (Å²) in [4.78, 5) is 32.3. The van der Waals surface area contributed by atoms with E-state index in [9.17, 15) is 9.59 Å². The van der Waals surface area contributed by atoms with E-state index in [1.54, 1.807) is 27.7 Å². The van der Waals surface area contributed by atoms with Crippen molar-refractivity contribution in [3.05, 3.63) is 0 Å². The van der Waals surface area contributed by atoms with Crippen molar-refractivity contribution < 1.29 is 19.4 Å². The largest absolute Gasteiger partial charge is 0.447 e. The van der Waals surface area contributed by atoms with Gasteiger partial charge in [-0.25, -0.2) is 9.69 Å². The van der Waals surface area contributed by atoms with Gasteiger partial charge in [-0.2, -0.15) is 4.89 Å². The normalized spacial score (nSPS) is 10.9. The third-order valence-electron chi connectivity index (χ3n) is 1.28. The van der Waals surface area contributed by atoms with E-state index >= 15 is 0 Å². The molecule has 0 radical (unpaired) electrons. The summed E-state index contributed by atoms with van der Waals surface area (Å²) in [5, 5.41) is 0. The summed E-state index contributed by atoms with van der Waals surface area (Å²) < 4.78 is 0. The Morgan fingerprint density at radius 3 is 2.07 bits per heavy atom. The van der Waals surface area contributed by atoms with Crippen LogP contribution in [0, 0.1) is 0 Å². The summed E-state index contributed by atoms with van der Waals surface area (Å²) in [7, 11) is 0. The molecule has 0 unspecified atom stereocenters. The molecule has 14 heavy (non-hydrogen) atoms. The molecule has 0 spiro atoms. The minimum Gasteiger partial charge on any atom is -0.275 e. The average molecular weight is 203 g/mol. The summed E-state index contributed by atoms with van der Waals surface area (Å²) in [5.74, 6) is -0.366. The molecule has 2 amide bonds. The summed E-state index contributed by atoms with van der Waals surface area (Å²) in [6, 6.07) is 0. The zero-order valence-electron chi connectivity index (χ0n) is 9.29. The molecule has 5 heteroatoms. The number of carbonyl (C=O) groups is 2. The maximum absolute atomic E-state index is 11.2. The first kappa shape index (κ1) is 12.9. The van der Waals surface area contributed by atoms with Crippen LogP contribution in [0.5, 0.6) is 0 Å². The minimum atomic E-state index is -0.782. The number of nitrogens with zero attached hydrogens (tertiary/aromatic N) is 1. The van der Waals surface area contributed by atoms with Crippen molar-refractivity contribution in [2.75, 3.05) is 6.54 Å². The maximum Gasteiger partial charge on any atom is 0.447 e. The van der Waals surface area contributed by atoms with E-state index in [1.165, 1.54) is 6.92 Å². The lowest BCUT2D eigenvalue weighted by molar-refractivity contribution is -0.304. The van der Waals surface area contributed by atoms with Gasteiger partial charge in [0.1, 0.15) is 5.60 Å². The van der Waals surface area contributed by atoms with Crippen molar-refractivity contribution >= 4 is 12.0 Å². The van der Waals surface area contributed by atoms with Gasteiger partial charge < -0.3 is 0 Å². The smallest absolute Gasteiger partial charge is 0.275 e. The Balaban J connectivity index is 4.13. The number of hydrogen-bond acceptors (Lipinski definition) is 4. The first-order valence-electron chi connectivity index (χ1n) is 4.45. The molecule has 0 saturated heterocycles. The van der Waals surface area contributed by atoms with Gasteiger partial charge in [0.15, 0.2) is 0 Å². The van der Waals surface area contributed by atoms with Crippen molar-refractivity contribution in [3.63, 3.8) is 0 Å². The Labute approximate surface area is 83.9 Å². The molecule has 82 valence electrons. The third-order valence-corrected chi connectivity index (χ3v) is 1.28. The topological polar surface area (TPSA) is 55.8 Å². The molecule has 0 saturated carbocycles. The second-order valence-electron chi connectivity index (χ2n) is 3.81. The molecule has 0 aliphatic carbocycles. The fraction of sp³-hybridized carbons (Fsp3) is 0.778.